The van der Waals surface area contributed by atoms with E-state index in [0.29, 0.717) is 29.4 Å². The second-order valence-electron chi connectivity index (χ2n) is 4.50. The lowest BCUT2D eigenvalue weighted by atomic mass is 9.90. The smallest absolute Gasteiger partial charge is 0.223 e. The van der Waals surface area contributed by atoms with Gasteiger partial charge in [0.25, 0.3) is 0 Å². The number of likely N-dealkylation sites (tertiary alicyclic amines) is 1. The van der Waals surface area contributed by atoms with E-state index in [9.17, 15) is 4.79 Å². The molecule has 2 N–H and O–H groups in total. The van der Waals surface area contributed by atoms with Crippen LogP contribution >= 0.6 is 23.2 Å². The topological polar surface area (TPSA) is 46.3 Å². The van der Waals surface area contributed by atoms with Gasteiger partial charge in [-0.05, 0) is 31.0 Å². The number of hydrogen-bond donors (Lipinski definition) is 1. The Bertz CT molecular complexity index is 464. The summed E-state index contributed by atoms with van der Waals surface area (Å²) < 4.78 is 0. The van der Waals surface area contributed by atoms with E-state index in [2.05, 4.69) is 0 Å². The lowest BCUT2D eigenvalue weighted by molar-refractivity contribution is -0.137. The third-order valence-corrected chi connectivity index (χ3v) is 4.12. The summed E-state index contributed by atoms with van der Waals surface area (Å²) in [6.07, 6.45) is 1.23. The number of likely N-dealkylation sites (N-methyl/N-ethyl adjacent to an activating group) is 1. The SMILES string of the molecule is CCN1C(=O)CCC(N)C1c1ccc(Cl)c(Cl)c1. The van der Waals surface area contributed by atoms with E-state index < -0.39 is 0 Å². The molecule has 1 aromatic carbocycles. The van der Waals surface area contributed by atoms with Crippen molar-refractivity contribution in [3.05, 3.63) is 33.8 Å². The van der Waals surface area contributed by atoms with Gasteiger partial charge in [0.05, 0.1) is 16.1 Å². The van der Waals surface area contributed by atoms with Crippen LogP contribution in [0.3, 0.4) is 0 Å². The highest BCUT2D eigenvalue weighted by atomic mass is 35.5. The van der Waals surface area contributed by atoms with Crippen LogP contribution in [-0.4, -0.2) is 23.4 Å². The zero-order valence-electron chi connectivity index (χ0n) is 10.2. The maximum atomic E-state index is 11.9. The lowest BCUT2D eigenvalue weighted by Gasteiger charge is -2.39. The van der Waals surface area contributed by atoms with Crippen molar-refractivity contribution in [3.8, 4) is 0 Å². The molecule has 98 valence electrons. The maximum absolute atomic E-state index is 11.9. The van der Waals surface area contributed by atoms with Gasteiger partial charge in [-0.2, -0.15) is 0 Å². The summed E-state index contributed by atoms with van der Waals surface area (Å²) in [4.78, 5) is 13.7. The van der Waals surface area contributed by atoms with Gasteiger partial charge < -0.3 is 10.6 Å². The van der Waals surface area contributed by atoms with Gasteiger partial charge in [-0.3, -0.25) is 4.79 Å². The molecule has 1 aliphatic heterocycles. The maximum Gasteiger partial charge on any atom is 0.223 e. The predicted molar refractivity (Wildman–Crippen MR) is 73.8 cm³/mol. The molecule has 0 radical (unpaired) electrons. The van der Waals surface area contributed by atoms with E-state index >= 15 is 0 Å². The number of carbonyl (C=O) groups is 1. The molecular weight excluding hydrogens is 271 g/mol. The van der Waals surface area contributed by atoms with Crippen LogP contribution in [0, 0.1) is 0 Å². The van der Waals surface area contributed by atoms with Crippen molar-refractivity contribution < 1.29 is 4.79 Å². The fourth-order valence-electron chi connectivity index (χ4n) is 2.47. The fourth-order valence-corrected chi connectivity index (χ4v) is 2.78. The van der Waals surface area contributed by atoms with E-state index in [0.717, 1.165) is 5.56 Å². The quantitative estimate of drug-likeness (QED) is 0.908. The summed E-state index contributed by atoms with van der Waals surface area (Å²) in [5.74, 6) is 0.148. The van der Waals surface area contributed by atoms with Crippen LogP contribution in [0.15, 0.2) is 18.2 Å². The highest BCUT2D eigenvalue weighted by molar-refractivity contribution is 6.42. The summed E-state index contributed by atoms with van der Waals surface area (Å²) in [6, 6.07) is 5.28. The molecule has 1 amide bonds. The molecule has 2 unspecified atom stereocenters. The van der Waals surface area contributed by atoms with Crippen LogP contribution in [0.1, 0.15) is 31.4 Å². The van der Waals surface area contributed by atoms with Crippen LogP contribution in [0.2, 0.25) is 10.0 Å². The number of benzene rings is 1. The number of nitrogens with zero attached hydrogens (tertiary/aromatic N) is 1. The summed E-state index contributed by atoms with van der Waals surface area (Å²) in [6.45, 7) is 2.61. The highest BCUT2D eigenvalue weighted by Crippen LogP contribution is 2.33. The van der Waals surface area contributed by atoms with E-state index in [4.69, 9.17) is 28.9 Å². The summed E-state index contributed by atoms with van der Waals surface area (Å²) in [5, 5.41) is 1.01. The van der Waals surface area contributed by atoms with E-state index in [1.807, 2.05) is 17.9 Å². The minimum absolute atomic E-state index is 0.0557. The Balaban J connectivity index is 2.38. The monoisotopic (exact) mass is 286 g/mol. The van der Waals surface area contributed by atoms with Crippen molar-refractivity contribution in [2.24, 2.45) is 5.73 Å². The minimum Gasteiger partial charge on any atom is -0.334 e. The molecule has 1 fully saturated rings. The number of halogens is 2. The lowest BCUT2D eigenvalue weighted by Crippen LogP contribution is -2.48. The van der Waals surface area contributed by atoms with Gasteiger partial charge in [0.2, 0.25) is 5.91 Å². The summed E-state index contributed by atoms with van der Waals surface area (Å²) >= 11 is 11.9. The van der Waals surface area contributed by atoms with Crippen molar-refractivity contribution in [1.82, 2.24) is 4.90 Å². The van der Waals surface area contributed by atoms with Crippen LogP contribution in [0.25, 0.3) is 0 Å². The Hall–Kier alpha value is -0.770. The number of amides is 1. The molecule has 0 spiro atoms. The Morgan fingerprint density at radius 1 is 1.39 bits per heavy atom. The standard InChI is InChI=1S/C13H16Cl2N2O/c1-2-17-12(18)6-5-11(16)13(17)8-3-4-9(14)10(15)7-8/h3-4,7,11,13H,2,5-6,16H2,1H3. The first-order valence-corrected chi connectivity index (χ1v) is 6.80. The van der Waals surface area contributed by atoms with Crippen molar-refractivity contribution >= 4 is 29.1 Å². The van der Waals surface area contributed by atoms with E-state index in [1.54, 1.807) is 12.1 Å². The Kier molecular flexibility index (Phi) is 4.15. The zero-order chi connectivity index (χ0) is 13.3. The molecule has 1 saturated heterocycles. The third kappa shape index (κ3) is 2.48. The zero-order valence-corrected chi connectivity index (χ0v) is 11.7. The molecule has 5 heteroatoms. The van der Waals surface area contributed by atoms with Gasteiger partial charge in [0.1, 0.15) is 0 Å². The largest absolute Gasteiger partial charge is 0.334 e. The normalized spacial score (nSPS) is 24.4. The molecule has 1 heterocycles. The molecule has 3 nitrogen and oxygen atoms in total. The second kappa shape index (κ2) is 5.47. The van der Waals surface area contributed by atoms with E-state index in [1.165, 1.54) is 0 Å². The molecule has 0 bridgehead atoms. The van der Waals surface area contributed by atoms with Gasteiger partial charge in [-0.25, -0.2) is 0 Å². The fraction of sp³-hybridized carbons (Fsp3) is 0.462. The van der Waals surface area contributed by atoms with Crippen molar-refractivity contribution in [2.75, 3.05) is 6.54 Å². The summed E-state index contributed by atoms with van der Waals surface area (Å²) in [7, 11) is 0. The van der Waals surface area contributed by atoms with Crippen LogP contribution in [0.4, 0.5) is 0 Å². The predicted octanol–water partition coefficient (Wildman–Crippen LogP) is 3.00. The van der Waals surface area contributed by atoms with Crippen molar-refractivity contribution in [2.45, 2.75) is 31.8 Å². The molecule has 2 rings (SSSR count). The Morgan fingerprint density at radius 3 is 2.72 bits per heavy atom. The minimum atomic E-state index is -0.106. The van der Waals surface area contributed by atoms with Gasteiger partial charge >= 0.3 is 0 Å². The van der Waals surface area contributed by atoms with Gasteiger partial charge in [-0.15, -0.1) is 0 Å². The first kappa shape index (κ1) is 13.7. The van der Waals surface area contributed by atoms with Crippen LogP contribution in [0.5, 0.6) is 0 Å². The molecule has 0 aromatic heterocycles. The van der Waals surface area contributed by atoms with E-state index in [-0.39, 0.29) is 18.0 Å². The molecule has 18 heavy (non-hydrogen) atoms. The molecule has 1 aromatic rings. The average Bonchev–Trinajstić information content (AvgIpc) is 2.35. The molecular formula is C13H16Cl2N2O. The highest BCUT2D eigenvalue weighted by Gasteiger charge is 2.33. The van der Waals surface area contributed by atoms with Gasteiger partial charge in [0.15, 0.2) is 0 Å². The average molecular weight is 287 g/mol. The number of carbonyl (C=O) groups excluding carboxylic acids is 1. The second-order valence-corrected chi connectivity index (χ2v) is 5.32. The Labute approximate surface area is 117 Å². The van der Waals surface area contributed by atoms with Crippen LogP contribution < -0.4 is 5.73 Å². The molecule has 2 atom stereocenters. The van der Waals surface area contributed by atoms with Gasteiger partial charge in [-0.1, -0.05) is 29.3 Å². The van der Waals surface area contributed by atoms with Crippen molar-refractivity contribution in [1.29, 1.82) is 0 Å². The Morgan fingerprint density at radius 2 is 2.11 bits per heavy atom. The number of hydrogen-bond acceptors (Lipinski definition) is 2. The number of piperidine rings is 1. The van der Waals surface area contributed by atoms with Crippen LogP contribution in [-0.2, 0) is 4.79 Å². The molecule has 0 saturated carbocycles. The third-order valence-electron chi connectivity index (χ3n) is 3.38. The molecule has 0 aliphatic carbocycles. The molecule has 1 aliphatic rings. The number of nitrogens with two attached hydrogens (primary N) is 1. The summed E-state index contributed by atoms with van der Waals surface area (Å²) in [5.41, 5.74) is 7.11. The van der Waals surface area contributed by atoms with Gasteiger partial charge in [0, 0.05) is 19.0 Å². The first-order valence-electron chi connectivity index (χ1n) is 6.04. The first-order chi connectivity index (χ1) is 8.54. The number of rotatable bonds is 2. The van der Waals surface area contributed by atoms with Crippen molar-refractivity contribution in [3.63, 3.8) is 0 Å².